The first-order chi connectivity index (χ1) is 6.34. The largest absolute Gasteiger partial charge is 0.460 e. The molecular weight excluding hydrogens is 164 g/mol. The number of aromatic nitrogens is 2. The van der Waals surface area contributed by atoms with Crippen LogP contribution in [-0.2, 0) is 0 Å². The van der Waals surface area contributed by atoms with E-state index in [1.807, 2.05) is 0 Å². The van der Waals surface area contributed by atoms with Gasteiger partial charge in [0.2, 0.25) is 0 Å². The fourth-order valence-corrected chi connectivity index (χ4v) is 1.76. The second-order valence-corrected chi connectivity index (χ2v) is 3.69. The average molecular weight is 178 g/mol. The van der Waals surface area contributed by atoms with Crippen molar-refractivity contribution in [3.05, 3.63) is 18.5 Å². The SMILES string of the molecule is CC1CCC(Oc2ncccn2)C1. The molecule has 0 saturated heterocycles. The van der Waals surface area contributed by atoms with Gasteiger partial charge in [-0.05, 0) is 31.2 Å². The molecule has 0 spiro atoms. The maximum atomic E-state index is 5.62. The van der Waals surface area contributed by atoms with Gasteiger partial charge in [0.25, 0.3) is 0 Å². The van der Waals surface area contributed by atoms with Crippen molar-refractivity contribution in [2.45, 2.75) is 32.3 Å². The van der Waals surface area contributed by atoms with E-state index in [0.717, 1.165) is 18.8 Å². The number of nitrogens with zero attached hydrogens (tertiary/aromatic N) is 2. The normalized spacial score (nSPS) is 27.5. The molecule has 0 radical (unpaired) electrons. The molecule has 1 aromatic heterocycles. The monoisotopic (exact) mass is 178 g/mol. The molecule has 1 aliphatic carbocycles. The summed E-state index contributed by atoms with van der Waals surface area (Å²) in [6, 6.07) is 2.31. The summed E-state index contributed by atoms with van der Waals surface area (Å²) in [6.45, 7) is 2.26. The maximum Gasteiger partial charge on any atom is 0.316 e. The van der Waals surface area contributed by atoms with Crippen LogP contribution >= 0.6 is 0 Å². The standard InChI is InChI=1S/C10H14N2O/c1-8-3-4-9(7-8)13-10-11-5-2-6-12-10/h2,5-6,8-9H,3-4,7H2,1H3. The van der Waals surface area contributed by atoms with Crippen LogP contribution in [0.4, 0.5) is 0 Å². The van der Waals surface area contributed by atoms with Crippen molar-refractivity contribution >= 4 is 0 Å². The topological polar surface area (TPSA) is 35.0 Å². The van der Waals surface area contributed by atoms with Gasteiger partial charge in [-0.3, -0.25) is 0 Å². The molecule has 0 bridgehead atoms. The Bertz CT molecular complexity index is 263. The maximum absolute atomic E-state index is 5.62. The smallest absolute Gasteiger partial charge is 0.316 e. The zero-order valence-electron chi connectivity index (χ0n) is 7.81. The Labute approximate surface area is 78.2 Å². The summed E-state index contributed by atoms with van der Waals surface area (Å²) in [5.41, 5.74) is 0. The second-order valence-electron chi connectivity index (χ2n) is 3.69. The van der Waals surface area contributed by atoms with E-state index in [1.54, 1.807) is 18.5 Å². The highest BCUT2D eigenvalue weighted by atomic mass is 16.5. The van der Waals surface area contributed by atoms with Gasteiger partial charge in [-0.2, -0.15) is 0 Å². The summed E-state index contributed by atoms with van der Waals surface area (Å²) in [7, 11) is 0. The molecule has 2 atom stereocenters. The van der Waals surface area contributed by atoms with Gasteiger partial charge in [0.15, 0.2) is 0 Å². The fourth-order valence-electron chi connectivity index (χ4n) is 1.76. The van der Waals surface area contributed by atoms with Crippen molar-refractivity contribution in [2.24, 2.45) is 5.92 Å². The Morgan fingerprint density at radius 1 is 1.31 bits per heavy atom. The first kappa shape index (κ1) is 8.48. The predicted octanol–water partition coefficient (Wildman–Crippen LogP) is 2.04. The van der Waals surface area contributed by atoms with Crippen LogP contribution in [0.5, 0.6) is 6.01 Å². The van der Waals surface area contributed by atoms with Crippen LogP contribution in [0.25, 0.3) is 0 Å². The van der Waals surface area contributed by atoms with Crippen molar-refractivity contribution in [1.29, 1.82) is 0 Å². The molecule has 1 heterocycles. The summed E-state index contributed by atoms with van der Waals surface area (Å²) in [5.74, 6) is 0.786. The highest BCUT2D eigenvalue weighted by Gasteiger charge is 2.23. The van der Waals surface area contributed by atoms with E-state index in [-0.39, 0.29) is 0 Å². The van der Waals surface area contributed by atoms with E-state index < -0.39 is 0 Å². The van der Waals surface area contributed by atoms with Crippen LogP contribution in [0.2, 0.25) is 0 Å². The van der Waals surface area contributed by atoms with E-state index >= 15 is 0 Å². The quantitative estimate of drug-likeness (QED) is 0.695. The van der Waals surface area contributed by atoms with Crippen LogP contribution in [0.1, 0.15) is 26.2 Å². The van der Waals surface area contributed by atoms with E-state index in [0.29, 0.717) is 12.1 Å². The van der Waals surface area contributed by atoms with Gasteiger partial charge in [0.05, 0.1) is 0 Å². The van der Waals surface area contributed by atoms with Gasteiger partial charge in [-0.1, -0.05) is 6.92 Å². The summed E-state index contributed by atoms with van der Waals surface area (Å²) in [5, 5.41) is 0. The molecule has 0 amide bonds. The van der Waals surface area contributed by atoms with Gasteiger partial charge >= 0.3 is 6.01 Å². The second kappa shape index (κ2) is 3.73. The lowest BCUT2D eigenvalue weighted by Gasteiger charge is -2.10. The number of hydrogen-bond donors (Lipinski definition) is 0. The molecule has 1 fully saturated rings. The van der Waals surface area contributed by atoms with Crippen molar-refractivity contribution in [3.8, 4) is 6.01 Å². The van der Waals surface area contributed by atoms with Crippen molar-refractivity contribution < 1.29 is 4.74 Å². The van der Waals surface area contributed by atoms with Gasteiger partial charge in [-0.15, -0.1) is 0 Å². The van der Waals surface area contributed by atoms with Gasteiger partial charge < -0.3 is 4.74 Å². The molecular formula is C10H14N2O. The van der Waals surface area contributed by atoms with Gasteiger partial charge in [-0.25, -0.2) is 9.97 Å². The zero-order chi connectivity index (χ0) is 9.10. The third-order valence-corrected chi connectivity index (χ3v) is 2.46. The first-order valence-electron chi connectivity index (χ1n) is 4.78. The molecule has 2 rings (SSSR count). The third kappa shape index (κ3) is 2.17. The molecule has 0 aromatic carbocycles. The van der Waals surface area contributed by atoms with Crippen LogP contribution in [0.15, 0.2) is 18.5 Å². The number of ether oxygens (including phenoxy) is 1. The first-order valence-corrected chi connectivity index (χ1v) is 4.78. The van der Waals surface area contributed by atoms with E-state index in [9.17, 15) is 0 Å². The molecule has 2 unspecified atom stereocenters. The van der Waals surface area contributed by atoms with E-state index in [4.69, 9.17) is 4.74 Å². The number of hydrogen-bond acceptors (Lipinski definition) is 3. The molecule has 3 heteroatoms. The Morgan fingerprint density at radius 3 is 2.69 bits per heavy atom. The zero-order valence-corrected chi connectivity index (χ0v) is 7.81. The van der Waals surface area contributed by atoms with Gasteiger partial charge in [0, 0.05) is 12.4 Å². The Hall–Kier alpha value is -1.12. The fraction of sp³-hybridized carbons (Fsp3) is 0.600. The summed E-state index contributed by atoms with van der Waals surface area (Å²) in [6.07, 6.45) is 7.29. The van der Waals surface area contributed by atoms with Crippen LogP contribution in [-0.4, -0.2) is 16.1 Å². The summed E-state index contributed by atoms with van der Waals surface area (Å²) in [4.78, 5) is 8.07. The summed E-state index contributed by atoms with van der Waals surface area (Å²) >= 11 is 0. The number of rotatable bonds is 2. The Morgan fingerprint density at radius 2 is 2.08 bits per heavy atom. The molecule has 70 valence electrons. The Kier molecular flexibility index (Phi) is 2.43. The van der Waals surface area contributed by atoms with E-state index in [1.165, 1.54) is 6.42 Å². The lowest BCUT2D eigenvalue weighted by molar-refractivity contribution is 0.188. The molecule has 1 aromatic rings. The molecule has 0 aliphatic heterocycles. The highest BCUT2D eigenvalue weighted by Crippen LogP contribution is 2.27. The minimum absolute atomic E-state index is 0.331. The van der Waals surface area contributed by atoms with Crippen molar-refractivity contribution in [3.63, 3.8) is 0 Å². The molecule has 0 N–H and O–H groups in total. The van der Waals surface area contributed by atoms with E-state index in [2.05, 4.69) is 16.9 Å². The van der Waals surface area contributed by atoms with Crippen LogP contribution < -0.4 is 4.74 Å². The van der Waals surface area contributed by atoms with Crippen molar-refractivity contribution in [1.82, 2.24) is 9.97 Å². The highest BCUT2D eigenvalue weighted by molar-refractivity contribution is 4.95. The predicted molar refractivity (Wildman–Crippen MR) is 49.5 cm³/mol. The van der Waals surface area contributed by atoms with Gasteiger partial charge in [0.1, 0.15) is 6.10 Å². The molecule has 1 aliphatic rings. The van der Waals surface area contributed by atoms with Crippen molar-refractivity contribution in [2.75, 3.05) is 0 Å². The average Bonchev–Trinajstić information content (AvgIpc) is 2.53. The third-order valence-electron chi connectivity index (χ3n) is 2.46. The minimum Gasteiger partial charge on any atom is -0.460 e. The van der Waals surface area contributed by atoms with Crippen LogP contribution in [0.3, 0.4) is 0 Å². The van der Waals surface area contributed by atoms with Crippen LogP contribution in [0, 0.1) is 5.92 Å². The lowest BCUT2D eigenvalue weighted by Crippen LogP contribution is -2.13. The summed E-state index contributed by atoms with van der Waals surface area (Å²) < 4.78 is 5.62. The lowest BCUT2D eigenvalue weighted by atomic mass is 10.1. The molecule has 1 saturated carbocycles. The Balaban J connectivity index is 1.92. The molecule has 13 heavy (non-hydrogen) atoms. The minimum atomic E-state index is 0.331. The molecule has 3 nitrogen and oxygen atoms in total.